The minimum absolute atomic E-state index is 0.00573. The first-order chi connectivity index (χ1) is 9.24. The molecule has 0 heterocycles. The highest BCUT2D eigenvalue weighted by molar-refractivity contribution is 5.92. The number of unbranched alkanes of at least 4 members (excludes halogenated alkanes) is 2. The van der Waals surface area contributed by atoms with Crippen molar-refractivity contribution in [2.45, 2.75) is 26.2 Å². The minimum atomic E-state index is 0.00573. The van der Waals surface area contributed by atoms with Gasteiger partial charge in [0.05, 0.1) is 6.54 Å². The molecule has 0 spiro atoms. The van der Waals surface area contributed by atoms with E-state index in [1.165, 1.54) is 0 Å². The number of carbonyl (C=O) groups is 1. The van der Waals surface area contributed by atoms with Crippen molar-refractivity contribution in [3.63, 3.8) is 0 Å². The Morgan fingerprint density at radius 2 is 2.00 bits per heavy atom. The first kappa shape index (κ1) is 15.7. The van der Waals surface area contributed by atoms with Crippen molar-refractivity contribution in [1.82, 2.24) is 5.32 Å². The van der Waals surface area contributed by atoms with Gasteiger partial charge < -0.3 is 15.4 Å². The van der Waals surface area contributed by atoms with Gasteiger partial charge in [0, 0.05) is 19.4 Å². The van der Waals surface area contributed by atoms with Crippen LogP contribution in [0.4, 0.5) is 5.69 Å². The molecule has 19 heavy (non-hydrogen) atoms. The fourth-order valence-corrected chi connectivity index (χ4v) is 1.78. The second-order valence-electron chi connectivity index (χ2n) is 4.59. The smallest absolute Gasteiger partial charge is 0.238 e. The zero-order valence-corrected chi connectivity index (χ0v) is 11.9. The van der Waals surface area contributed by atoms with Crippen LogP contribution in [0.2, 0.25) is 0 Å². The number of rotatable bonds is 9. The molecule has 0 aliphatic rings. The fraction of sp³-hybridized carbons (Fsp3) is 0.533. The van der Waals surface area contributed by atoms with Crippen LogP contribution in [0.25, 0.3) is 0 Å². The van der Waals surface area contributed by atoms with Gasteiger partial charge in [-0.05, 0) is 44.4 Å². The summed E-state index contributed by atoms with van der Waals surface area (Å²) < 4.78 is 4.98. The summed E-state index contributed by atoms with van der Waals surface area (Å²) in [6.45, 7) is 4.02. The highest BCUT2D eigenvalue weighted by atomic mass is 16.5. The molecule has 0 aliphatic carbocycles. The fourth-order valence-electron chi connectivity index (χ4n) is 1.78. The number of hydrogen-bond acceptors (Lipinski definition) is 3. The highest BCUT2D eigenvalue weighted by Crippen LogP contribution is 2.12. The number of ether oxygens (including phenoxy) is 1. The molecule has 0 bridgehead atoms. The van der Waals surface area contributed by atoms with E-state index < -0.39 is 0 Å². The van der Waals surface area contributed by atoms with E-state index in [0.29, 0.717) is 6.54 Å². The number of benzene rings is 1. The summed E-state index contributed by atoms with van der Waals surface area (Å²) in [5.74, 6) is 0.00573. The van der Waals surface area contributed by atoms with Gasteiger partial charge in [0.15, 0.2) is 0 Å². The van der Waals surface area contributed by atoms with Crippen molar-refractivity contribution < 1.29 is 9.53 Å². The summed E-state index contributed by atoms with van der Waals surface area (Å²) in [5.41, 5.74) is 1.96. The molecule has 1 amide bonds. The summed E-state index contributed by atoms with van der Waals surface area (Å²) in [4.78, 5) is 11.7. The van der Waals surface area contributed by atoms with Crippen LogP contribution in [0.1, 0.15) is 24.8 Å². The first-order valence-corrected chi connectivity index (χ1v) is 6.79. The van der Waals surface area contributed by atoms with Gasteiger partial charge >= 0.3 is 0 Å². The van der Waals surface area contributed by atoms with E-state index in [9.17, 15) is 4.79 Å². The van der Waals surface area contributed by atoms with E-state index in [2.05, 4.69) is 10.6 Å². The van der Waals surface area contributed by atoms with Crippen LogP contribution in [-0.2, 0) is 9.53 Å². The zero-order valence-electron chi connectivity index (χ0n) is 11.9. The standard InChI is InChI=1S/C15H24N2O2/c1-13-8-4-5-9-14(13)17-15(18)12-16-10-6-3-7-11-19-2/h4-5,8-9,16H,3,6-7,10-12H2,1-2H3,(H,17,18). The Labute approximate surface area is 115 Å². The minimum Gasteiger partial charge on any atom is -0.385 e. The molecule has 0 aliphatic heterocycles. The molecule has 0 aromatic heterocycles. The Morgan fingerprint density at radius 3 is 2.74 bits per heavy atom. The van der Waals surface area contributed by atoms with E-state index in [4.69, 9.17) is 4.74 Å². The number of aryl methyl sites for hydroxylation is 1. The van der Waals surface area contributed by atoms with Gasteiger partial charge in [-0.2, -0.15) is 0 Å². The predicted octanol–water partition coefficient (Wildman–Crippen LogP) is 2.34. The quantitative estimate of drug-likeness (QED) is 0.673. The second kappa shape index (κ2) is 9.53. The lowest BCUT2D eigenvalue weighted by Gasteiger charge is -2.08. The molecule has 106 valence electrons. The molecule has 0 unspecified atom stereocenters. The molecule has 1 aromatic carbocycles. The molecule has 0 atom stereocenters. The summed E-state index contributed by atoms with van der Waals surface area (Å²) >= 11 is 0. The third kappa shape index (κ3) is 6.94. The van der Waals surface area contributed by atoms with Crippen LogP contribution in [-0.4, -0.2) is 32.7 Å². The third-order valence-electron chi connectivity index (χ3n) is 2.91. The Kier molecular flexibility index (Phi) is 7.86. The lowest BCUT2D eigenvalue weighted by atomic mass is 10.2. The Bertz CT molecular complexity index is 380. The van der Waals surface area contributed by atoms with Crippen LogP contribution < -0.4 is 10.6 Å². The van der Waals surface area contributed by atoms with Crippen LogP contribution in [0.3, 0.4) is 0 Å². The topological polar surface area (TPSA) is 50.4 Å². The summed E-state index contributed by atoms with van der Waals surface area (Å²) in [6.07, 6.45) is 3.27. The summed E-state index contributed by atoms with van der Waals surface area (Å²) in [6, 6.07) is 7.78. The number of anilines is 1. The summed E-state index contributed by atoms with van der Waals surface area (Å²) in [7, 11) is 1.72. The number of amides is 1. The van der Waals surface area contributed by atoms with E-state index >= 15 is 0 Å². The van der Waals surface area contributed by atoms with E-state index in [1.807, 2.05) is 31.2 Å². The van der Waals surface area contributed by atoms with Gasteiger partial charge in [-0.25, -0.2) is 0 Å². The van der Waals surface area contributed by atoms with Crippen molar-refractivity contribution in [3.05, 3.63) is 29.8 Å². The molecule has 0 fully saturated rings. The largest absolute Gasteiger partial charge is 0.385 e. The van der Waals surface area contributed by atoms with Crippen molar-refractivity contribution in [2.24, 2.45) is 0 Å². The molecule has 0 saturated heterocycles. The van der Waals surface area contributed by atoms with Crippen molar-refractivity contribution in [2.75, 3.05) is 32.1 Å². The van der Waals surface area contributed by atoms with Crippen LogP contribution in [0.15, 0.2) is 24.3 Å². The van der Waals surface area contributed by atoms with Crippen molar-refractivity contribution in [1.29, 1.82) is 0 Å². The number of carbonyl (C=O) groups excluding carboxylic acids is 1. The maximum absolute atomic E-state index is 11.7. The maximum Gasteiger partial charge on any atom is 0.238 e. The number of para-hydroxylation sites is 1. The molecule has 1 rings (SSSR count). The maximum atomic E-state index is 11.7. The number of hydrogen-bond donors (Lipinski definition) is 2. The second-order valence-corrected chi connectivity index (χ2v) is 4.59. The molecule has 4 nitrogen and oxygen atoms in total. The van der Waals surface area contributed by atoms with Crippen LogP contribution in [0.5, 0.6) is 0 Å². The predicted molar refractivity (Wildman–Crippen MR) is 78.4 cm³/mol. The molecular formula is C15H24N2O2. The van der Waals surface area contributed by atoms with Gasteiger partial charge in [0.1, 0.15) is 0 Å². The highest BCUT2D eigenvalue weighted by Gasteiger charge is 2.03. The first-order valence-electron chi connectivity index (χ1n) is 6.79. The van der Waals surface area contributed by atoms with Gasteiger partial charge in [-0.1, -0.05) is 18.2 Å². The van der Waals surface area contributed by atoms with Crippen LogP contribution >= 0.6 is 0 Å². The normalized spacial score (nSPS) is 10.4. The Balaban J connectivity index is 2.10. The molecule has 0 radical (unpaired) electrons. The van der Waals surface area contributed by atoms with E-state index in [1.54, 1.807) is 7.11 Å². The molecule has 0 saturated carbocycles. The van der Waals surface area contributed by atoms with E-state index in [0.717, 1.165) is 43.7 Å². The summed E-state index contributed by atoms with van der Waals surface area (Å²) in [5, 5.41) is 6.05. The van der Waals surface area contributed by atoms with Crippen LogP contribution in [0, 0.1) is 6.92 Å². The lowest BCUT2D eigenvalue weighted by Crippen LogP contribution is -2.29. The van der Waals surface area contributed by atoms with E-state index in [-0.39, 0.29) is 5.91 Å². The Hall–Kier alpha value is -1.39. The molecule has 2 N–H and O–H groups in total. The molecule has 4 heteroatoms. The van der Waals surface area contributed by atoms with Gasteiger partial charge in [0.2, 0.25) is 5.91 Å². The average Bonchev–Trinajstić information content (AvgIpc) is 2.40. The monoisotopic (exact) mass is 264 g/mol. The third-order valence-corrected chi connectivity index (χ3v) is 2.91. The van der Waals surface area contributed by atoms with Gasteiger partial charge in [-0.15, -0.1) is 0 Å². The molecular weight excluding hydrogens is 240 g/mol. The Morgan fingerprint density at radius 1 is 1.21 bits per heavy atom. The zero-order chi connectivity index (χ0) is 13.9. The van der Waals surface area contributed by atoms with Gasteiger partial charge in [0.25, 0.3) is 0 Å². The number of nitrogens with one attached hydrogen (secondary N) is 2. The van der Waals surface area contributed by atoms with Crippen molar-refractivity contribution in [3.8, 4) is 0 Å². The van der Waals surface area contributed by atoms with Crippen molar-refractivity contribution >= 4 is 11.6 Å². The average molecular weight is 264 g/mol. The SMILES string of the molecule is COCCCCCNCC(=O)Nc1ccccc1C. The molecule has 1 aromatic rings. The number of methoxy groups -OCH3 is 1. The lowest BCUT2D eigenvalue weighted by molar-refractivity contribution is -0.115. The van der Waals surface area contributed by atoms with Gasteiger partial charge in [-0.3, -0.25) is 4.79 Å².